The van der Waals surface area contributed by atoms with Crippen LogP contribution in [0.25, 0.3) is 0 Å². The van der Waals surface area contributed by atoms with Gasteiger partial charge >= 0.3 is 15.6 Å². The average molecular weight is 743 g/mol. The molecule has 290 valence electrons. The lowest BCUT2D eigenvalue weighted by molar-refractivity contribution is 0.211. The summed E-state index contributed by atoms with van der Waals surface area (Å²) in [7, 11) is -9.28. The van der Waals surface area contributed by atoms with Gasteiger partial charge in [-0.3, -0.25) is 0 Å². The van der Waals surface area contributed by atoms with E-state index in [4.69, 9.17) is 38.5 Å². The molecule has 0 saturated carbocycles. The van der Waals surface area contributed by atoms with Gasteiger partial charge in [0.25, 0.3) is 0 Å². The first kappa shape index (κ1) is 52.5. The number of allylic oxidation sites excluding steroid dienone is 16. The third kappa shape index (κ3) is 38.9. The van der Waals surface area contributed by atoms with Gasteiger partial charge in [-0.2, -0.15) is 0 Å². The van der Waals surface area contributed by atoms with Crippen LogP contribution in [0.5, 0.6) is 0 Å². The van der Waals surface area contributed by atoms with E-state index in [1.54, 1.807) is 0 Å². The van der Waals surface area contributed by atoms with Crippen molar-refractivity contribution in [3.63, 3.8) is 0 Å². The Hall–Kier alpha value is -1.86. The maximum atomic E-state index is 8.88. The Bertz CT molecular complexity index is 1150. The normalized spacial score (nSPS) is 14.2. The molecule has 0 saturated heterocycles. The molecule has 0 amide bonds. The molecule has 10 heteroatoms. The Morgan fingerprint density at radius 3 is 0.940 bits per heavy atom. The topological polar surface area (TPSA) is 156 Å². The van der Waals surface area contributed by atoms with Gasteiger partial charge in [0.1, 0.15) is 0 Å². The van der Waals surface area contributed by atoms with E-state index in [-0.39, 0.29) is 10.8 Å². The van der Waals surface area contributed by atoms with Gasteiger partial charge in [0.15, 0.2) is 0 Å². The van der Waals surface area contributed by atoms with Crippen LogP contribution in [0.4, 0.5) is 0 Å². The summed E-state index contributed by atoms with van der Waals surface area (Å²) in [6.45, 7) is 20.9. The van der Waals surface area contributed by atoms with Crippen LogP contribution in [-0.2, 0) is 9.13 Å². The highest BCUT2D eigenvalue weighted by atomic mass is 31.2. The third-order valence-electron chi connectivity index (χ3n) is 8.61. The first-order valence-corrected chi connectivity index (χ1v) is 21.0. The van der Waals surface area contributed by atoms with Crippen LogP contribution in [0.3, 0.4) is 0 Å². The summed E-state index contributed by atoms with van der Waals surface area (Å²) in [5.41, 5.74) is 3.35. The SMILES string of the molecule is CC=CCCC=CCCC=CCCC=CCCC=CCCC=CCCC=CC(C)(C)C(C)(C)C(C)=C(C)C(C)C.O=P(O)(O)O.O=P(O)(O)O. The van der Waals surface area contributed by atoms with Crippen LogP contribution < -0.4 is 0 Å². The zero-order chi connectivity index (χ0) is 39.1. The van der Waals surface area contributed by atoms with Crippen molar-refractivity contribution in [3.05, 3.63) is 96.2 Å². The molecular formula is C40H72O8P2. The zero-order valence-corrected chi connectivity index (χ0v) is 34.3. The fraction of sp³-hybridized carbons (Fsp3) is 0.600. The van der Waals surface area contributed by atoms with Gasteiger partial charge in [-0.05, 0) is 115 Å². The molecule has 0 aliphatic carbocycles. The van der Waals surface area contributed by atoms with E-state index < -0.39 is 15.6 Å². The summed E-state index contributed by atoms with van der Waals surface area (Å²) in [6.07, 6.45) is 46.3. The fourth-order valence-electron chi connectivity index (χ4n) is 4.50. The quantitative estimate of drug-likeness (QED) is 0.0364. The van der Waals surface area contributed by atoms with Crippen molar-refractivity contribution in [1.29, 1.82) is 0 Å². The van der Waals surface area contributed by atoms with Gasteiger partial charge < -0.3 is 29.4 Å². The zero-order valence-electron chi connectivity index (χ0n) is 32.5. The minimum atomic E-state index is -4.64. The van der Waals surface area contributed by atoms with E-state index in [9.17, 15) is 0 Å². The molecule has 0 unspecified atom stereocenters. The first-order valence-electron chi connectivity index (χ1n) is 17.9. The van der Waals surface area contributed by atoms with Gasteiger partial charge in [0, 0.05) is 0 Å². The van der Waals surface area contributed by atoms with Crippen molar-refractivity contribution in [2.24, 2.45) is 16.7 Å². The lowest BCUT2D eigenvalue weighted by Gasteiger charge is -2.42. The largest absolute Gasteiger partial charge is 0.466 e. The Kier molecular flexibility index (Phi) is 32.3. The summed E-state index contributed by atoms with van der Waals surface area (Å²) < 4.78 is 17.8. The molecule has 0 fully saturated rings. The summed E-state index contributed by atoms with van der Waals surface area (Å²) in [5, 5.41) is 0. The third-order valence-corrected chi connectivity index (χ3v) is 8.61. The summed E-state index contributed by atoms with van der Waals surface area (Å²) >= 11 is 0. The predicted molar refractivity (Wildman–Crippen MR) is 214 cm³/mol. The van der Waals surface area contributed by atoms with E-state index in [0.717, 1.165) is 77.0 Å². The second-order valence-corrected chi connectivity index (χ2v) is 15.7. The standard InChI is InChI=1S/C40H66.2H3O4P/c1-10-11-12-13-14-15-16-17-18-19-20-21-22-23-24-25-26-27-28-29-30-31-32-33-34-35-39(6,7)40(8,9)38(5)37(4)36(2)3;2*1-5(2,3)4/h10-11,14-15,18-19,22-23,26-27,30-31,34-36H,12-13,16-17,20-21,24-25,28-29,32-33H2,1-9H3;2*(H3,1,2,3,4). The second kappa shape index (κ2) is 30.7. The summed E-state index contributed by atoms with van der Waals surface area (Å²) in [6, 6.07) is 0. The summed E-state index contributed by atoms with van der Waals surface area (Å²) in [4.78, 5) is 43.1. The molecule has 8 nitrogen and oxygen atoms in total. The molecule has 0 atom stereocenters. The Morgan fingerprint density at radius 1 is 0.500 bits per heavy atom. The summed E-state index contributed by atoms with van der Waals surface area (Å²) in [5.74, 6) is 0.611. The van der Waals surface area contributed by atoms with E-state index in [2.05, 4.69) is 147 Å². The molecule has 0 aliphatic heterocycles. The molecule has 0 aliphatic rings. The molecule has 0 spiro atoms. The van der Waals surface area contributed by atoms with Crippen molar-refractivity contribution in [1.82, 2.24) is 0 Å². The minimum Gasteiger partial charge on any atom is -0.303 e. The number of rotatable bonds is 22. The predicted octanol–water partition coefficient (Wildman–Crippen LogP) is 11.8. The van der Waals surface area contributed by atoms with E-state index >= 15 is 0 Å². The first-order chi connectivity index (χ1) is 23.1. The van der Waals surface area contributed by atoms with Crippen LogP contribution in [0.15, 0.2) is 96.2 Å². The van der Waals surface area contributed by atoms with Crippen LogP contribution in [0.2, 0.25) is 0 Å². The molecule has 0 aromatic heterocycles. The number of hydrogen-bond acceptors (Lipinski definition) is 2. The molecule has 0 rings (SSSR count). The van der Waals surface area contributed by atoms with Gasteiger partial charge in [0.2, 0.25) is 0 Å². The molecule has 0 aromatic carbocycles. The maximum absolute atomic E-state index is 8.88. The van der Waals surface area contributed by atoms with Crippen LogP contribution in [-0.4, -0.2) is 29.4 Å². The number of hydrogen-bond donors (Lipinski definition) is 6. The molecule has 0 bridgehead atoms. The van der Waals surface area contributed by atoms with Crippen molar-refractivity contribution in [3.8, 4) is 0 Å². The van der Waals surface area contributed by atoms with Crippen LogP contribution >= 0.6 is 15.6 Å². The molecule has 50 heavy (non-hydrogen) atoms. The molecular weight excluding hydrogens is 670 g/mol. The van der Waals surface area contributed by atoms with E-state index in [0.29, 0.717) is 5.92 Å². The van der Waals surface area contributed by atoms with Crippen LogP contribution in [0, 0.1) is 16.7 Å². The number of unbranched alkanes of at least 4 members (excludes halogenated alkanes) is 6. The maximum Gasteiger partial charge on any atom is 0.466 e. The van der Waals surface area contributed by atoms with Gasteiger partial charge in [0.05, 0.1) is 0 Å². The highest BCUT2D eigenvalue weighted by Gasteiger charge is 2.37. The van der Waals surface area contributed by atoms with Gasteiger partial charge in [-0.1, -0.05) is 138 Å². The average Bonchev–Trinajstić information content (AvgIpc) is 2.98. The molecule has 0 radical (unpaired) electrons. The van der Waals surface area contributed by atoms with Crippen molar-refractivity contribution >= 4 is 15.6 Å². The number of phosphoric acid groups is 2. The molecule has 0 aromatic rings. The monoisotopic (exact) mass is 742 g/mol. The van der Waals surface area contributed by atoms with Crippen molar-refractivity contribution in [2.75, 3.05) is 0 Å². The van der Waals surface area contributed by atoms with Gasteiger partial charge in [-0.15, -0.1) is 0 Å². The molecule has 0 heterocycles. The Labute approximate surface area is 305 Å². The lowest BCUT2D eigenvalue weighted by Crippen LogP contribution is -2.32. The lowest BCUT2D eigenvalue weighted by atomic mass is 9.62. The van der Waals surface area contributed by atoms with Crippen LogP contribution in [0.1, 0.15) is 139 Å². The van der Waals surface area contributed by atoms with E-state index in [1.165, 1.54) is 11.1 Å². The smallest absolute Gasteiger partial charge is 0.303 e. The highest BCUT2D eigenvalue weighted by molar-refractivity contribution is 7.45. The van der Waals surface area contributed by atoms with Crippen molar-refractivity contribution in [2.45, 2.75) is 139 Å². The highest BCUT2D eigenvalue weighted by Crippen LogP contribution is 2.47. The van der Waals surface area contributed by atoms with Crippen molar-refractivity contribution < 1.29 is 38.5 Å². The second-order valence-electron chi connectivity index (χ2n) is 13.6. The Balaban J connectivity index is -0.00000192. The van der Waals surface area contributed by atoms with E-state index in [1.807, 2.05) is 0 Å². The fourth-order valence-corrected chi connectivity index (χ4v) is 4.50. The minimum absolute atomic E-state index is 0.136. The molecule has 6 N–H and O–H groups in total. The Morgan fingerprint density at radius 2 is 0.720 bits per heavy atom. The van der Waals surface area contributed by atoms with Gasteiger partial charge in [-0.25, -0.2) is 9.13 Å².